The number of hydrogen-bond donors (Lipinski definition) is 0. The van der Waals surface area contributed by atoms with Crippen molar-refractivity contribution in [3.05, 3.63) is 30.2 Å². The Morgan fingerprint density at radius 1 is 1.50 bits per heavy atom. The van der Waals surface area contributed by atoms with E-state index >= 15 is 0 Å². The van der Waals surface area contributed by atoms with Crippen LogP contribution in [0.25, 0.3) is 0 Å². The zero-order valence-electron chi connectivity index (χ0n) is 10.8. The Labute approximate surface area is 109 Å². The quantitative estimate of drug-likeness (QED) is 0.832. The molecule has 0 aromatic carbocycles. The molecule has 98 valence electrons. The van der Waals surface area contributed by atoms with Crippen LogP contribution in [0.1, 0.15) is 25.4 Å². The standard InChI is InChI=1S/C12H17N3O2S/c1-9(2)6-15-12(13-8-14-15)7-18(16)11-4-5-17-10(11)3/h4-5,8-9H,6-7H2,1-3H3/t18-/m0/s1. The molecule has 1 atom stereocenters. The van der Waals surface area contributed by atoms with E-state index in [4.69, 9.17) is 4.42 Å². The topological polar surface area (TPSA) is 60.9 Å². The van der Waals surface area contributed by atoms with Crippen molar-refractivity contribution >= 4 is 10.8 Å². The van der Waals surface area contributed by atoms with Crippen LogP contribution in [0.5, 0.6) is 0 Å². The first-order valence-electron chi connectivity index (χ1n) is 5.87. The van der Waals surface area contributed by atoms with E-state index < -0.39 is 10.8 Å². The monoisotopic (exact) mass is 267 g/mol. The third-order valence-corrected chi connectivity index (χ3v) is 3.99. The lowest BCUT2D eigenvalue weighted by atomic mass is 10.2. The van der Waals surface area contributed by atoms with Gasteiger partial charge in [0.15, 0.2) is 0 Å². The average Bonchev–Trinajstić information content (AvgIpc) is 2.88. The first-order chi connectivity index (χ1) is 8.58. The molecule has 0 saturated carbocycles. The van der Waals surface area contributed by atoms with Crippen LogP contribution in [0, 0.1) is 12.8 Å². The minimum absolute atomic E-state index is 0.368. The summed E-state index contributed by atoms with van der Waals surface area (Å²) < 4.78 is 19.2. The highest BCUT2D eigenvalue weighted by Gasteiger charge is 2.14. The molecule has 18 heavy (non-hydrogen) atoms. The molecule has 0 unspecified atom stereocenters. The second-order valence-electron chi connectivity index (χ2n) is 4.58. The third-order valence-electron chi connectivity index (χ3n) is 2.55. The molecule has 2 heterocycles. The molecular weight excluding hydrogens is 250 g/mol. The number of aryl methyl sites for hydroxylation is 1. The molecule has 0 aliphatic carbocycles. The second-order valence-corrected chi connectivity index (χ2v) is 6.00. The molecule has 2 rings (SSSR count). The normalized spacial score (nSPS) is 13.1. The predicted octanol–water partition coefficient (Wildman–Crippen LogP) is 2.14. The second kappa shape index (κ2) is 5.48. The van der Waals surface area contributed by atoms with Gasteiger partial charge in [0.2, 0.25) is 0 Å². The fourth-order valence-electron chi connectivity index (χ4n) is 1.70. The van der Waals surface area contributed by atoms with Crippen LogP contribution < -0.4 is 0 Å². The van der Waals surface area contributed by atoms with Gasteiger partial charge in [0.1, 0.15) is 17.9 Å². The number of rotatable bonds is 5. The Morgan fingerprint density at radius 2 is 2.28 bits per heavy atom. The molecule has 0 N–H and O–H groups in total. The lowest BCUT2D eigenvalue weighted by molar-refractivity contribution is 0.471. The fraction of sp³-hybridized carbons (Fsp3) is 0.500. The summed E-state index contributed by atoms with van der Waals surface area (Å²) in [5, 5.41) is 4.16. The maximum absolute atomic E-state index is 12.2. The lowest BCUT2D eigenvalue weighted by Crippen LogP contribution is -2.12. The van der Waals surface area contributed by atoms with Crippen LogP contribution >= 0.6 is 0 Å². The Kier molecular flexibility index (Phi) is 3.96. The van der Waals surface area contributed by atoms with E-state index in [1.807, 2.05) is 11.6 Å². The van der Waals surface area contributed by atoms with Gasteiger partial charge >= 0.3 is 0 Å². The smallest absolute Gasteiger partial charge is 0.139 e. The van der Waals surface area contributed by atoms with Crippen molar-refractivity contribution in [2.24, 2.45) is 5.92 Å². The predicted molar refractivity (Wildman–Crippen MR) is 68.4 cm³/mol. The molecule has 0 aliphatic heterocycles. The third kappa shape index (κ3) is 2.87. The molecule has 2 aromatic rings. The van der Waals surface area contributed by atoms with Crippen LogP contribution in [0.4, 0.5) is 0 Å². The van der Waals surface area contributed by atoms with E-state index in [0.717, 1.165) is 17.3 Å². The largest absolute Gasteiger partial charge is 0.468 e. The van der Waals surface area contributed by atoms with Crippen molar-refractivity contribution in [3.63, 3.8) is 0 Å². The van der Waals surface area contributed by atoms with Gasteiger partial charge in [-0.25, -0.2) is 9.67 Å². The highest BCUT2D eigenvalue weighted by Crippen LogP contribution is 2.16. The SMILES string of the molecule is Cc1occc1[S@@](=O)Cc1ncnn1CC(C)C. The molecule has 2 aromatic heterocycles. The van der Waals surface area contributed by atoms with Crippen molar-refractivity contribution < 1.29 is 8.63 Å². The van der Waals surface area contributed by atoms with Crippen molar-refractivity contribution in [2.45, 2.75) is 38.0 Å². The van der Waals surface area contributed by atoms with Gasteiger partial charge < -0.3 is 4.42 Å². The van der Waals surface area contributed by atoms with Gasteiger partial charge in [-0.1, -0.05) is 13.8 Å². The van der Waals surface area contributed by atoms with Crippen molar-refractivity contribution in [2.75, 3.05) is 0 Å². The summed E-state index contributed by atoms with van der Waals surface area (Å²) >= 11 is 0. The zero-order chi connectivity index (χ0) is 13.1. The highest BCUT2D eigenvalue weighted by molar-refractivity contribution is 7.84. The number of hydrogen-bond acceptors (Lipinski definition) is 4. The number of nitrogens with zero attached hydrogens (tertiary/aromatic N) is 3. The zero-order valence-corrected chi connectivity index (χ0v) is 11.6. The molecule has 5 nitrogen and oxygen atoms in total. The lowest BCUT2D eigenvalue weighted by Gasteiger charge is -2.08. The van der Waals surface area contributed by atoms with Gasteiger partial charge in [0.05, 0.1) is 27.7 Å². The maximum Gasteiger partial charge on any atom is 0.139 e. The van der Waals surface area contributed by atoms with E-state index in [2.05, 4.69) is 23.9 Å². The Hall–Kier alpha value is -1.43. The molecular formula is C12H17N3O2S. The molecule has 0 aliphatic rings. The maximum atomic E-state index is 12.2. The minimum Gasteiger partial charge on any atom is -0.468 e. The van der Waals surface area contributed by atoms with Crippen LogP contribution in [-0.2, 0) is 23.1 Å². The Morgan fingerprint density at radius 3 is 2.89 bits per heavy atom. The Bertz CT molecular complexity index is 545. The van der Waals surface area contributed by atoms with Gasteiger partial charge in [-0.15, -0.1) is 0 Å². The van der Waals surface area contributed by atoms with Crippen LogP contribution in [0.15, 0.2) is 28.0 Å². The van der Waals surface area contributed by atoms with Crippen molar-refractivity contribution in [3.8, 4) is 0 Å². The van der Waals surface area contributed by atoms with Gasteiger partial charge in [-0.3, -0.25) is 4.21 Å². The number of furan rings is 1. The van der Waals surface area contributed by atoms with E-state index in [0.29, 0.717) is 17.4 Å². The van der Waals surface area contributed by atoms with Crippen molar-refractivity contribution in [1.82, 2.24) is 14.8 Å². The first kappa shape index (κ1) is 13.0. The van der Waals surface area contributed by atoms with Crippen LogP contribution in [-0.4, -0.2) is 19.0 Å². The summed E-state index contributed by atoms with van der Waals surface area (Å²) in [6.45, 7) is 6.83. The van der Waals surface area contributed by atoms with E-state index in [1.54, 1.807) is 12.3 Å². The summed E-state index contributed by atoms with van der Waals surface area (Å²) in [5.41, 5.74) is 0. The fourth-order valence-corrected chi connectivity index (χ4v) is 2.89. The first-order valence-corrected chi connectivity index (χ1v) is 7.19. The van der Waals surface area contributed by atoms with E-state index in [1.165, 1.54) is 6.33 Å². The minimum atomic E-state index is -1.14. The molecule has 0 amide bonds. The van der Waals surface area contributed by atoms with Gasteiger partial charge in [0.25, 0.3) is 0 Å². The summed E-state index contributed by atoms with van der Waals surface area (Å²) in [6, 6.07) is 1.74. The van der Waals surface area contributed by atoms with E-state index in [-0.39, 0.29) is 0 Å². The van der Waals surface area contributed by atoms with Crippen LogP contribution in [0.3, 0.4) is 0 Å². The van der Waals surface area contributed by atoms with Gasteiger partial charge in [-0.2, -0.15) is 5.10 Å². The summed E-state index contributed by atoms with van der Waals surface area (Å²) in [7, 11) is -1.14. The van der Waals surface area contributed by atoms with Crippen LogP contribution in [0.2, 0.25) is 0 Å². The molecule has 0 bridgehead atoms. The van der Waals surface area contributed by atoms with Crippen molar-refractivity contribution in [1.29, 1.82) is 0 Å². The summed E-state index contributed by atoms with van der Waals surface area (Å²) in [6.07, 6.45) is 3.07. The summed E-state index contributed by atoms with van der Waals surface area (Å²) in [4.78, 5) is 4.91. The molecule has 6 heteroatoms. The molecule has 0 radical (unpaired) electrons. The van der Waals surface area contributed by atoms with Gasteiger partial charge in [-0.05, 0) is 18.9 Å². The number of aromatic nitrogens is 3. The van der Waals surface area contributed by atoms with Gasteiger partial charge in [0, 0.05) is 6.54 Å². The average molecular weight is 267 g/mol. The highest BCUT2D eigenvalue weighted by atomic mass is 32.2. The van der Waals surface area contributed by atoms with E-state index in [9.17, 15) is 4.21 Å². The summed E-state index contributed by atoms with van der Waals surface area (Å²) in [5.74, 6) is 2.30. The molecule has 0 saturated heterocycles. The molecule has 0 spiro atoms. The molecule has 0 fully saturated rings. The Balaban J connectivity index is 2.13.